The van der Waals surface area contributed by atoms with E-state index >= 15 is 0 Å². The highest BCUT2D eigenvalue weighted by atomic mass is 35.5. The molecular weight excluding hydrogens is 459 g/mol. The molecule has 2 aromatic carbocycles. The van der Waals surface area contributed by atoms with E-state index in [4.69, 9.17) is 23.2 Å². The molecule has 0 saturated heterocycles. The van der Waals surface area contributed by atoms with Gasteiger partial charge in [-0.3, -0.25) is 9.36 Å². The molecule has 0 aliphatic rings. The van der Waals surface area contributed by atoms with E-state index in [1.165, 1.54) is 16.5 Å². The zero-order valence-corrected chi connectivity index (χ0v) is 18.8. The quantitative estimate of drug-likeness (QED) is 0.249. The third kappa shape index (κ3) is 4.39. The summed E-state index contributed by atoms with van der Waals surface area (Å²) in [5, 5.41) is 16.3. The van der Waals surface area contributed by atoms with Crippen molar-refractivity contribution in [3.05, 3.63) is 70.5 Å². The molecule has 0 spiro atoms. The lowest BCUT2D eigenvalue weighted by Gasteiger charge is -2.09. The van der Waals surface area contributed by atoms with Crippen LogP contribution < -0.4 is 5.32 Å². The minimum Gasteiger partial charge on any atom is -0.324 e. The third-order valence-electron chi connectivity index (χ3n) is 4.29. The number of halogens is 2. The van der Waals surface area contributed by atoms with Crippen LogP contribution in [0.25, 0.3) is 21.5 Å². The van der Waals surface area contributed by atoms with Crippen LogP contribution in [0.15, 0.2) is 65.7 Å². The van der Waals surface area contributed by atoms with Gasteiger partial charge in [-0.25, -0.2) is 0 Å². The number of rotatable bonds is 7. The van der Waals surface area contributed by atoms with Crippen LogP contribution in [0, 0.1) is 0 Å². The Bertz CT molecular complexity index is 1230. The molecule has 2 heterocycles. The smallest absolute Gasteiger partial charge is 0.234 e. The van der Waals surface area contributed by atoms with Gasteiger partial charge in [-0.05, 0) is 24.3 Å². The van der Waals surface area contributed by atoms with Crippen molar-refractivity contribution in [3.8, 4) is 11.4 Å². The summed E-state index contributed by atoms with van der Waals surface area (Å²) in [6, 6.07) is 13.1. The molecule has 0 unspecified atom stereocenters. The maximum Gasteiger partial charge on any atom is 0.234 e. The first kappa shape index (κ1) is 20.9. The minimum absolute atomic E-state index is 0.165. The van der Waals surface area contributed by atoms with Gasteiger partial charge in [0.15, 0.2) is 11.0 Å². The standard InChI is InChI=1S/C21H16Cl2N4OS2/c1-2-9-27-20(15-11-29-18-6-4-3-5-14(15)18)25-26-21(27)30-12-19(28)24-17-8-7-13(22)10-16(17)23/h2-8,10-11H,1,9,12H2,(H,24,28). The van der Waals surface area contributed by atoms with Crippen molar-refractivity contribution in [1.82, 2.24) is 14.8 Å². The van der Waals surface area contributed by atoms with E-state index in [-0.39, 0.29) is 11.7 Å². The summed E-state index contributed by atoms with van der Waals surface area (Å²) in [4.78, 5) is 12.4. The van der Waals surface area contributed by atoms with Crippen LogP contribution >= 0.6 is 46.3 Å². The third-order valence-corrected chi connectivity index (χ3v) is 6.77. The number of carbonyl (C=O) groups excluding carboxylic acids is 1. The zero-order chi connectivity index (χ0) is 21.1. The van der Waals surface area contributed by atoms with Gasteiger partial charge in [-0.1, -0.05) is 59.2 Å². The molecule has 9 heteroatoms. The fourth-order valence-corrected chi connectivity index (χ4v) is 5.09. The molecule has 1 amide bonds. The van der Waals surface area contributed by atoms with Crippen LogP contribution in [0.3, 0.4) is 0 Å². The lowest BCUT2D eigenvalue weighted by molar-refractivity contribution is -0.113. The fraction of sp³-hybridized carbons (Fsp3) is 0.0952. The second kappa shape index (κ2) is 9.22. The number of benzene rings is 2. The van der Waals surface area contributed by atoms with Crippen LogP contribution in [0.1, 0.15) is 0 Å². The summed E-state index contributed by atoms with van der Waals surface area (Å²) in [6.45, 7) is 4.38. The molecule has 1 N–H and O–H groups in total. The van der Waals surface area contributed by atoms with Gasteiger partial charge in [0, 0.05) is 32.6 Å². The number of allylic oxidation sites excluding steroid dienone is 1. The second-order valence-corrected chi connectivity index (χ2v) is 9.01. The predicted molar refractivity (Wildman–Crippen MR) is 127 cm³/mol. The van der Waals surface area contributed by atoms with E-state index in [0.29, 0.717) is 27.4 Å². The Morgan fingerprint density at radius 1 is 1.23 bits per heavy atom. The number of thioether (sulfide) groups is 1. The molecule has 0 fully saturated rings. The number of hydrogen-bond acceptors (Lipinski definition) is 5. The topological polar surface area (TPSA) is 59.8 Å². The van der Waals surface area contributed by atoms with Crippen LogP contribution in [-0.2, 0) is 11.3 Å². The fourth-order valence-electron chi connectivity index (χ4n) is 2.95. The number of amides is 1. The van der Waals surface area contributed by atoms with Crippen LogP contribution in [-0.4, -0.2) is 26.4 Å². The average Bonchev–Trinajstić information content (AvgIpc) is 3.33. The average molecular weight is 475 g/mol. The van der Waals surface area contributed by atoms with E-state index < -0.39 is 0 Å². The first-order valence-electron chi connectivity index (χ1n) is 8.95. The number of nitrogens with one attached hydrogen (secondary N) is 1. The van der Waals surface area contributed by atoms with Crippen molar-refractivity contribution in [2.75, 3.05) is 11.1 Å². The molecule has 0 bridgehead atoms. The van der Waals surface area contributed by atoms with E-state index in [0.717, 1.165) is 16.8 Å². The maximum absolute atomic E-state index is 12.4. The summed E-state index contributed by atoms with van der Waals surface area (Å²) in [5.74, 6) is 0.731. The summed E-state index contributed by atoms with van der Waals surface area (Å²) in [7, 11) is 0. The molecule has 30 heavy (non-hydrogen) atoms. The molecule has 2 aromatic heterocycles. The van der Waals surface area contributed by atoms with Gasteiger partial charge in [-0.15, -0.1) is 28.1 Å². The van der Waals surface area contributed by atoms with Crippen molar-refractivity contribution in [1.29, 1.82) is 0 Å². The Hall–Kier alpha value is -2.32. The summed E-state index contributed by atoms with van der Waals surface area (Å²) in [6.07, 6.45) is 1.79. The van der Waals surface area contributed by atoms with E-state index in [1.807, 2.05) is 16.7 Å². The van der Waals surface area contributed by atoms with E-state index in [2.05, 4.69) is 39.6 Å². The van der Waals surface area contributed by atoms with E-state index in [9.17, 15) is 4.79 Å². The minimum atomic E-state index is -0.195. The van der Waals surface area contributed by atoms with Crippen molar-refractivity contribution >= 4 is 68.0 Å². The van der Waals surface area contributed by atoms with Gasteiger partial charge in [0.25, 0.3) is 0 Å². The highest BCUT2D eigenvalue weighted by Crippen LogP contribution is 2.34. The van der Waals surface area contributed by atoms with Crippen LogP contribution in [0.2, 0.25) is 10.0 Å². The second-order valence-electron chi connectivity index (χ2n) is 6.31. The molecule has 0 atom stereocenters. The van der Waals surface area contributed by atoms with E-state index in [1.54, 1.807) is 35.6 Å². The SMILES string of the molecule is C=CCn1c(SCC(=O)Nc2ccc(Cl)cc2Cl)nnc1-c1csc2ccccc12. The first-order chi connectivity index (χ1) is 14.6. The summed E-state index contributed by atoms with van der Waals surface area (Å²) in [5.41, 5.74) is 1.54. The Balaban J connectivity index is 1.53. The molecular formula is C21H16Cl2N4OS2. The maximum atomic E-state index is 12.4. The number of nitrogens with zero attached hydrogens (tertiary/aromatic N) is 3. The largest absolute Gasteiger partial charge is 0.324 e. The van der Waals surface area contributed by atoms with Gasteiger partial charge in [0.1, 0.15) is 0 Å². The van der Waals surface area contributed by atoms with Crippen molar-refractivity contribution < 1.29 is 4.79 Å². The lowest BCUT2D eigenvalue weighted by atomic mass is 10.1. The van der Waals surface area contributed by atoms with Gasteiger partial charge in [0.05, 0.1) is 16.5 Å². The number of anilines is 1. The highest BCUT2D eigenvalue weighted by Gasteiger charge is 2.18. The molecule has 4 rings (SSSR count). The highest BCUT2D eigenvalue weighted by molar-refractivity contribution is 7.99. The van der Waals surface area contributed by atoms with Crippen molar-refractivity contribution in [2.24, 2.45) is 0 Å². The number of carbonyl (C=O) groups is 1. The number of thiophene rings is 1. The Morgan fingerprint density at radius 2 is 2.07 bits per heavy atom. The zero-order valence-electron chi connectivity index (χ0n) is 15.6. The van der Waals surface area contributed by atoms with Gasteiger partial charge >= 0.3 is 0 Å². The number of aromatic nitrogens is 3. The van der Waals surface area contributed by atoms with Gasteiger partial charge < -0.3 is 5.32 Å². The van der Waals surface area contributed by atoms with Crippen molar-refractivity contribution in [2.45, 2.75) is 11.7 Å². The molecule has 4 aromatic rings. The number of fused-ring (bicyclic) bond motifs is 1. The van der Waals surface area contributed by atoms with Crippen LogP contribution in [0.4, 0.5) is 5.69 Å². The number of hydrogen-bond donors (Lipinski definition) is 1. The molecule has 152 valence electrons. The lowest BCUT2D eigenvalue weighted by Crippen LogP contribution is -2.15. The summed E-state index contributed by atoms with van der Waals surface area (Å²) < 4.78 is 3.16. The monoisotopic (exact) mass is 474 g/mol. The Labute approximate surface area is 191 Å². The van der Waals surface area contributed by atoms with Crippen LogP contribution in [0.5, 0.6) is 0 Å². The predicted octanol–water partition coefficient (Wildman–Crippen LogP) is 6.38. The Morgan fingerprint density at radius 3 is 2.87 bits per heavy atom. The molecule has 0 radical (unpaired) electrons. The molecule has 0 saturated carbocycles. The van der Waals surface area contributed by atoms with Crippen molar-refractivity contribution in [3.63, 3.8) is 0 Å². The van der Waals surface area contributed by atoms with Gasteiger partial charge in [-0.2, -0.15) is 0 Å². The van der Waals surface area contributed by atoms with Gasteiger partial charge in [0.2, 0.25) is 5.91 Å². The summed E-state index contributed by atoms with van der Waals surface area (Å²) >= 11 is 15.0. The molecule has 0 aliphatic carbocycles. The normalized spacial score (nSPS) is 11.0. The Kier molecular flexibility index (Phi) is 6.43. The molecule has 0 aliphatic heterocycles. The molecule has 5 nitrogen and oxygen atoms in total. The first-order valence-corrected chi connectivity index (χ1v) is 11.6.